The van der Waals surface area contributed by atoms with E-state index in [-0.39, 0.29) is 11.5 Å². The van der Waals surface area contributed by atoms with Gasteiger partial charge in [0.05, 0.1) is 18.6 Å². The van der Waals surface area contributed by atoms with E-state index in [4.69, 9.17) is 15.9 Å². The molecule has 1 heterocycles. The molecule has 2 amide bonds. The molecular formula is C19H19NO6S. The molecule has 1 atom stereocenters. The molecule has 0 bridgehead atoms. The average molecular weight is 389 g/mol. The highest BCUT2D eigenvalue weighted by atomic mass is 32.2. The molecule has 27 heavy (non-hydrogen) atoms. The fourth-order valence-corrected chi connectivity index (χ4v) is 3.27. The summed E-state index contributed by atoms with van der Waals surface area (Å²) in [5.74, 6) is 2.13. The summed E-state index contributed by atoms with van der Waals surface area (Å²) in [6.07, 6.45) is 6.76. The van der Waals surface area contributed by atoms with Crippen molar-refractivity contribution >= 4 is 35.0 Å². The first kappa shape index (κ1) is 20.4. The van der Waals surface area contributed by atoms with E-state index in [2.05, 4.69) is 10.7 Å². The van der Waals surface area contributed by atoms with Crippen LogP contribution in [0.5, 0.6) is 11.5 Å². The summed E-state index contributed by atoms with van der Waals surface area (Å²) in [4.78, 5) is 37.4. The normalized spacial score (nSPS) is 16.2. The summed E-state index contributed by atoms with van der Waals surface area (Å²) in [5, 5.41) is -0.525. The first-order chi connectivity index (χ1) is 12.9. The van der Waals surface area contributed by atoms with Gasteiger partial charge in [-0.1, -0.05) is 12.0 Å². The smallest absolute Gasteiger partial charge is 0.328 e. The Kier molecular flexibility index (Phi) is 6.91. The molecule has 1 saturated heterocycles. The van der Waals surface area contributed by atoms with Crippen molar-refractivity contribution in [1.82, 2.24) is 4.90 Å². The van der Waals surface area contributed by atoms with Crippen molar-refractivity contribution in [2.75, 3.05) is 20.3 Å². The molecule has 7 nitrogen and oxygen atoms in total. The van der Waals surface area contributed by atoms with Gasteiger partial charge in [-0.15, -0.1) is 6.42 Å². The number of amides is 2. The maximum Gasteiger partial charge on any atom is 0.328 e. The van der Waals surface area contributed by atoms with E-state index in [0.717, 1.165) is 16.7 Å². The predicted octanol–water partition coefficient (Wildman–Crippen LogP) is 2.70. The first-order valence-electron chi connectivity index (χ1n) is 8.10. The van der Waals surface area contributed by atoms with Gasteiger partial charge in [-0.2, -0.15) is 0 Å². The highest BCUT2D eigenvalue weighted by Gasteiger charge is 2.41. The van der Waals surface area contributed by atoms with Crippen LogP contribution in [0.3, 0.4) is 0 Å². The van der Waals surface area contributed by atoms with Gasteiger partial charge >= 0.3 is 5.97 Å². The maximum absolute atomic E-state index is 12.5. The summed E-state index contributed by atoms with van der Waals surface area (Å²) < 4.78 is 15.6. The third-order valence-corrected chi connectivity index (χ3v) is 4.51. The lowest BCUT2D eigenvalue weighted by Crippen LogP contribution is -2.42. The van der Waals surface area contributed by atoms with Gasteiger partial charge in [0.1, 0.15) is 12.6 Å². The summed E-state index contributed by atoms with van der Waals surface area (Å²) >= 11 is 0.762. The number of hydrogen-bond donors (Lipinski definition) is 0. The molecule has 1 fully saturated rings. The Labute approximate surface area is 161 Å². The molecule has 0 saturated carbocycles. The zero-order chi connectivity index (χ0) is 20.0. The van der Waals surface area contributed by atoms with Crippen molar-refractivity contribution in [1.29, 1.82) is 0 Å². The molecule has 0 unspecified atom stereocenters. The number of ether oxygens (including phenoxy) is 3. The van der Waals surface area contributed by atoms with E-state index in [1.807, 2.05) is 6.92 Å². The van der Waals surface area contributed by atoms with E-state index in [0.29, 0.717) is 23.7 Å². The summed E-state index contributed by atoms with van der Waals surface area (Å²) in [7, 11) is 1.20. The molecule has 0 radical (unpaired) electrons. The Morgan fingerprint density at radius 1 is 1.33 bits per heavy atom. The van der Waals surface area contributed by atoms with Crippen LogP contribution >= 0.6 is 11.8 Å². The Morgan fingerprint density at radius 3 is 2.70 bits per heavy atom. The van der Waals surface area contributed by atoms with Crippen LogP contribution < -0.4 is 9.47 Å². The number of thioether (sulfide) groups is 1. The summed E-state index contributed by atoms with van der Waals surface area (Å²) in [5.41, 5.74) is 0.641. The van der Waals surface area contributed by atoms with E-state index in [1.54, 1.807) is 24.3 Å². The molecule has 0 aliphatic carbocycles. The van der Waals surface area contributed by atoms with Gasteiger partial charge in [0, 0.05) is 0 Å². The van der Waals surface area contributed by atoms with Crippen LogP contribution in [0.1, 0.15) is 19.4 Å². The van der Waals surface area contributed by atoms with Crippen molar-refractivity contribution in [3.8, 4) is 23.8 Å². The van der Waals surface area contributed by atoms with Crippen LogP contribution in [0.15, 0.2) is 23.1 Å². The minimum atomic E-state index is -0.994. The molecule has 1 aliphatic heterocycles. The standard InChI is InChI=1S/C19H19NO6S/c1-5-9-26-14-8-7-13(10-15(14)25-6-2)11-16-17(21)20(19(23)27-16)12(3)18(22)24-4/h1,7-8,10-12H,6,9H2,2-4H3/b16-11+/t12-/m0/s1. The first-order valence-corrected chi connectivity index (χ1v) is 8.92. The second kappa shape index (κ2) is 9.14. The van der Waals surface area contributed by atoms with E-state index in [1.165, 1.54) is 14.0 Å². The van der Waals surface area contributed by atoms with Crippen LogP contribution in [-0.2, 0) is 14.3 Å². The van der Waals surface area contributed by atoms with Gasteiger partial charge in [0.2, 0.25) is 0 Å². The lowest BCUT2D eigenvalue weighted by atomic mass is 10.1. The van der Waals surface area contributed by atoms with E-state index in [9.17, 15) is 14.4 Å². The number of terminal acetylenes is 1. The SMILES string of the molecule is C#CCOc1ccc(/C=C2/SC(=O)N([C@@H](C)C(=O)OC)C2=O)cc1OCC. The van der Waals surface area contributed by atoms with Gasteiger partial charge in [-0.25, -0.2) is 4.79 Å². The third-order valence-electron chi connectivity index (χ3n) is 3.63. The number of carbonyl (C=O) groups is 3. The molecule has 8 heteroatoms. The molecule has 1 aromatic carbocycles. The maximum atomic E-state index is 12.5. The van der Waals surface area contributed by atoms with Crippen LogP contribution in [-0.4, -0.2) is 48.4 Å². The Balaban J connectivity index is 2.29. The summed E-state index contributed by atoms with van der Waals surface area (Å²) in [6.45, 7) is 3.79. The Morgan fingerprint density at radius 2 is 2.07 bits per heavy atom. The number of nitrogens with zero attached hydrogens (tertiary/aromatic N) is 1. The number of methoxy groups -OCH3 is 1. The lowest BCUT2D eigenvalue weighted by Gasteiger charge is -2.18. The zero-order valence-electron chi connectivity index (χ0n) is 15.2. The van der Waals surface area contributed by atoms with Crippen molar-refractivity contribution in [3.63, 3.8) is 0 Å². The fourth-order valence-electron chi connectivity index (χ4n) is 2.36. The molecule has 2 rings (SSSR count). The van der Waals surface area contributed by atoms with Gasteiger partial charge in [-0.3, -0.25) is 14.5 Å². The fraction of sp³-hybridized carbons (Fsp3) is 0.316. The van der Waals surface area contributed by atoms with Crippen molar-refractivity contribution in [2.45, 2.75) is 19.9 Å². The molecule has 1 aromatic rings. The number of rotatable bonds is 7. The van der Waals surface area contributed by atoms with Crippen LogP contribution in [0.25, 0.3) is 6.08 Å². The van der Waals surface area contributed by atoms with Crippen molar-refractivity contribution in [2.24, 2.45) is 0 Å². The quantitative estimate of drug-likeness (QED) is 0.403. The topological polar surface area (TPSA) is 82.1 Å². The van der Waals surface area contributed by atoms with Crippen LogP contribution in [0.2, 0.25) is 0 Å². The second-order valence-corrected chi connectivity index (χ2v) is 6.38. The number of imide groups is 1. The highest BCUT2D eigenvalue weighted by Crippen LogP contribution is 2.35. The molecule has 142 valence electrons. The molecule has 0 aromatic heterocycles. The van der Waals surface area contributed by atoms with Gasteiger partial charge in [-0.05, 0) is 49.4 Å². The lowest BCUT2D eigenvalue weighted by molar-refractivity contribution is -0.148. The van der Waals surface area contributed by atoms with Crippen LogP contribution in [0, 0.1) is 12.3 Å². The monoisotopic (exact) mass is 389 g/mol. The minimum Gasteiger partial charge on any atom is -0.490 e. The average Bonchev–Trinajstić information content (AvgIpc) is 2.93. The van der Waals surface area contributed by atoms with Crippen molar-refractivity contribution < 1.29 is 28.6 Å². The Hall–Kier alpha value is -2.92. The summed E-state index contributed by atoms with van der Waals surface area (Å²) in [6, 6.07) is 4.08. The van der Waals surface area contributed by atoms with Gasteiger partial charge in [0.15, 0.2) is 11.5 Å². The molecule has 0 N–H and O–H groups in total. The number of carbonyl (C=O) groups excluding carboxylic acids is 3. The van der Waals surface area contributed by atoms with Crippen LogP contribution in [0.4, 0.5) is 4.79 Å². The highest BCUT2D eigenvalue weighted by molar-refractivity contribution is 8.18. The van der Waals surface area contributed by atoms with E-state index >= 15 is 0 Å². The predicted molar refractivity (Wildman–Crippen MR) is 101 cm³/mol. The molecular weight excluding hydrogens is 370 g/mol. The van der Waals surface area contributed by atoms with Gasteiger partial charge < -0.3 is 14.2 Å². The number of hydrogen-bond acceptors (Lipinski definition) is 7. The van der Waals surface area contributed by atoms with Crippen molar-refractivity contribution in [3.05, 3.63) is 28.7 Å². The largest absolute Gasteiger partial charge is 0.490 e. The molecule has 0 spiro atoms. The van der Waals surface area contributed by atoms with E-state index < -0.39 is 23.2 Å². The Bertz CT molecular complexity index is 826. The minimum absolute atomic E-state index is 0.101. The molecule has 1 aliphatic rings. The third kappa shape index (κ3) is 4.63. The zero-order valence-corrected chi connectivity index (χ0v) is 16.0. The second-order valence-electron chi connectivity index (χ2n) is 5.38. The number of esters is 1. The van der Waals surface area contributed by atoms with Gasteiger partial charge in [0.25, 0.3) is 11.1 Å². The number of benzene rings is 1.